The molecule has 2 aromatic rings. The Bertz CT molecular complexity index is 743. The van der Waals surface area contributed by atoms with E-state index in [-0.39, 0.29) is 0 Å². The molecule has 32 heavy (non-hydrogen) atoms. The Labute approximate surface area is 194 Å². The minimum atomic E-state index is -0.488. The van der Waals surface area contributed by atoms with Gasteiger partial charge in [-0.1, -0.05) is 64.1 Å². The molecule has 0 bridgehead atoms. The molecule has 0 unspecified atom stereocenters. The van der Waals surface area contributed by atoms with Gasteiger partial charge in [-0.3, -0.25) is 0 Å². The molecular weight excluding hydrogens is 404 g/mol. The summed E-state index contributed by atoms with van der Waals surface area (Å²) in [6.45, 7) is 15.8. The summed E-state index contributed by atoms with van der Waals surface area (Å²) in [5.74, 6) is 1.41. The van der Waals surface area contributed by atoms with Crippen molar-refractivity contribution >= 4 is 6.09 Å². The topological polar surface area (TPSA) is 68.8 Å². The number of hydrogen-bond acceptors (Lipinski definition) is 5. The van der Waals surface area contributed by atoms with Crippen LogP contribution in [-0.2, 0) is 17.9 Å². The Morgan fingerprint density at radius 3 is 2.12 bits per heavy atom. The highest BCUT2D eigenvalue weighted by atomic mass is 16.6. The van der Waals surface area contributed by atoms with Gasteiger partial charge in [-0.2, -0.15) is 0 Å². The molecular formula is C26H42N2O4. The molecule has 0 aliphatic heterocycles. The molecule has 0 aromatic heterocycles. The van der Waals surface area contributed by atoms with Crippen LogP contribution in [0.1, 0.15) is 59.6 Å². The number of hydrogen-bond donors (Lipinski definition) is 2. The van der Waals surface area contributed by atoms with Crippen LogP contribution in [0.5, 0.6) is 11.5 Å². The average Bonchev–Trinajstić information content (AvgIpc) is 2.80. The molecule has 0 radical (unpaired) electrons. The van der Waals surface area contributed by atoms with Crippen molar-refractivity contribution in [3.63, 3.8) is 0 Å². The molecule has 2 N–H and O–H groups in total. The van der Waals surface area contributed by atoms with Gasteiger partial charge in [-0.05, 0) is 44.0 Å². The summed E-state index contributed by atoms with van der Waals surface area (Å²) in [5, 5.41) is 6.00. The maximum Gasteiger partial charge on any atom is 0.407 e. The summed E-state index contributed by atoms with van der Waals surface area (Å²) < 4.78 is 16.5. The summed E-state index contributed by atoms with van der Waals surface area (Å²) in [6, 6.07) is 15.9. The molecule has 2 rings (SSSR count). The van der Waals surface area contributed by atoms with Crippen LogP contribution in [-0.4, -0.2) is 31.9 Å². The van der Waals surface area contributed by atoms with Crippen LogP contribution >= 0.6 is 0 Å². The fourth-order valence-corrected chi connectivity index (χ4v) is 2.48. The van der Waals surface area contributed by atoms with E-state index in [0.717, 1.165) is 11.1 Å². The van der Waals surface area contributed by atoms with Gasteiger partial charge in [0.05, 0.1) is 7.11 Å². The van der Waals surface area contributed by atoms with Crippen LogP contribution in [0.25, 0.3) is 0 Å². The molecule has 0 spiro atoms. The number of methoxy groups -OCH3 is 1. The van der Waals surface area contributed by atoms with Crippen molar-refractivity contribution in [3.05, 3.63) is 59.7 Å². The molecule has 2 aromatic carbocycles. The van der Waals surface area contributed by atoms with Crippen LogP contribution in [0.15, 0.2) is 48.5 Å². The Balaban J connectivity index is 0.00000227. The van der Waals surface area contributed by atoms with E-state index >= 15 is 0 Å². The van der Waals surface area contributed by atoms with Gasteiger partial charge in [0.25, 0.3) is 0 Å². The third-order valence-corrected chi connectivity index (χ3v) is 3.76. The van der Waals surface area contributed by atoms with E-state index < -0.39 is 11.7 Å². The first-order valence-electron chi connectivity index (χ1n) is 11.4. The Morgan fingerprint density at radius 1 is 0.875 bits per heavy atom. The highest BCUT2D eigenvalue weighted by molar-refractivity contribution is 5.67. The lowest BCUT2D eigenvalue weighted by molar-refractivity contribution is 0.0528. The summed E-state index contributed by atoms with van der Waals surface area (Å²) in [4.78, 5) is 11.6. The molecule has 6 heteroatoms. The van der Waals surface area contributed by atoms with Gasteiger partial charge in [0, 0.05) is 19.6 Å². The SMILES string of the molecule is CC.CC.COc1cc(CNCCNC(=O)OC(C)(C)C)ccc1OCc1ccccc1. The van der Waals surface area contributed by atoms with Crippen molar-refractivity contribution in [2.45, 2.75) is 67.2 Å². The summed E-state index contributed by atoms with van der Waals surface area (Å²) in [6.07, 6.45) is -0.407. The first-order chi connectivity index (χ1) is 15.4. The number of alkyl carbamates (subject to hydrolysis) is 1. The van der Waals surface area contributed by atoms with E-state index in [9.17, 15) is 4.79 Å². The van der Waals surface area contributed by atoms with Crippen LogP contribution in [0, 0.1) is 0 Å². The predicted octanol–water partition coefficient (Wildman–Crippen LogP) is 5.94. The monoisotopic (exact) mass is 446 g/mol. The third kappa shape index (κ3) is 12.8. The van der Waals surface area contributed by atoms with E-state index in [1.54, 1.807) is 7.11 Å². The van der Waals surface area contributed by atoms with Crippen molar-refractivity contribution < 1.29 is 19.0 Å². The second kappa shape index (κ2) is 16.9. The molecule has 1 amide bonds. The van der Waals surface area contributed by atoms with E-state index in [1.807, 2.05) is 97.0 Å². The normalized spacial score (nSPS) is 10.0. The Hall–Kier alpha value is -2.73. The summed E-state index contributed by atoms with van der Waals surface area (Å²) >= 11 is 0. The lowest BCUT2D eigenvalue weighted by Crippen LogP contribution is -2.36. The lowest BCUT2D eigenvalue weighted by atomic mass is 10.2. The quantitative estimate of drug-likeness (QED) is 0.467. The number of carbonyl (C=O) groups is 1. The average molecular weight is 447 g/mol. The number of benzene rings is 2. The largest absolute Gasteiger partial charge is 0.493 e. The Kier molecular flexibility index (Phi) is 15.5. The van der Waals surface area contributed by atoms with Crippen LogP contribution in [0.4, 0.5) is 4.79 Å². The first-order valence-corrected chi connectivity index (χ1v) is 11.4. The number of amides is 1. The minimum absolute atomic E-state index is 0.407. The maximum absolute atomic E-state index is 11.6. The molecule has 0 saturated carbocycles. The van der Waals surface area contributed by atoms with E-state index in [1.165, 1.54) is 0 Å². The van der Waals surface area contributed by atoms with Gasteiger partial charge in [-0.25, -0.2) is 4.79 Å². The van der Waals surface area contributed by atoms with Gasteiger partial charge >= 0.3 is 6.09 Å². The van der Waals surface area contributed by atoms with Gasteiger partial charge in [0.2, 0.25) is 0 Å². The van der Waals surface area contributed by atoms with E-state index in [4.69, 9.17) is 14.2 Å². The van der Waals surface area contributed by atoms with Gasteiger partial charge in [0.15, 0.2) is 11.5 Å². The van der Waals surface area contributed by atoms with Crippen molar-refractivity contribution in [2.75, 3.05) is 20.2 Å². The number of carbonyl (C=O) groups excluding carboxylic acids is 1. The minimum Gasteiger partial charge on any atom is -0.493 e. The van der Waals surface area contributed by atoms with Crippen molar-refractivity contribution in [3.8, 4) is 11.5 Å². The standard InChI is InChI=1S/C22H30N2O4.2C2H6/c1-22(2,3)28-21(25)24-13-12-23-15-18-10-11-19(20(14-18)26-4)27-16-17-8-6-5-7-9-17;2*1-2/h5-11,14,23H,12-13,15-16H2,1-4H3,(H,24,25);2*1-2H3. The molecule has 0 atom stereocenters. The fourth-order valence-electron chi connectivity index (χ4n) is 2.48. The lowest BCUT2D eigenvalue weighted by Gasteiger charge is -2.19. The van der Waals surface area contributed by atoms with Crippen molar-refractivity contribution in [1.82, 2.24) is 10.6 Å². The zero-order valence-corrected chi connectivity index (χ0v) is 21.1. The van der Waals surface area contributed by atoms with E-state index in [2.05, 4.69) is 10.6 Å². The summed E-state index contributed by atoms with van der Waals surface area (Å²) in [5.41, 5.74) is 1.69. The zero-order valence-electron chi connectivity index (χ0n) is 21.1. The van der Waals surface area contributed by atoms with Crippen LogP contribution in [0.3, 0.4) is 0 Å². The second-order valence-corrected chi connectivity index (χ2v) is 7.36. The third-order valence-electron chi connectivity index (χ3n) is 3.76. The second-order valence-electron chi connectivity index (χ2n) is 7.36. The maximum atomic E-state index is 11.6. The molecule has 180 valence electrons. The zero-order chi connectivity index (χ0) is 24.4. The molecule has 0 fully saturated rings. The van der Waals surface area contributed by atoms with Crippen molar-refractivity contribution in [1.29, 1.82) is 0 Å². The van der Waals surface area contributed by atoms with Crippen LogP contribution in [0.2, 0.25) is 0 Å². The molecule has 0 aliphatic rings. The number of nitrogens with one attached hydrogen (secondary N) is 2. The van der Waals surface area contributed by atoms with E-state index in [0.29, 0.717) is 37.7 Å². The molecule has 6 nitrogen and oxygen atoms in total. The highest BCUT2D eigenvalue weighted by Crippen LogP contribution is 2.28. The molecule has 0 saturated heterocycles. The number of rotatable bonds is 9. The first kappa shape index (κ1) is 29.3. The summed E-state index contributed by atoms with van der Waals surface area (Å²) in [7, 11) is 1.63. The fraction of sp³-hybridized carbons (Fsp3) is 0.500. The highest BCUT2D eigenvalue weighted by Gasteiger charge is 2.15. The van der Waals surface area contributed by atoms with Gasteiger partial charge < -0.3 is 24.8 Å². The number of ether oxygens (including phenoxy) is 3. The Morgan fingerprint density at radius 2 is 1.53 bits per heavy atom. The van der Waals surface area contributed by atoms with Gasteiger partial charge in [-0.15, -0.1) is 0 Å². The van der Waals surface area contributed by atoms with Gasteiger partial charge in [0.1, 0.15) is 12.2 Å². The smallest absolute Gasteiger partial charge is 0.407 e. The van der Waals surface area contributed by atoms with Crippen molar-refractivity contribution in [2.24, 2.45) is 0 Å². The predicted molar refractivity (Wildman–Crippen MR) is 132 cm³/mol. The molecule has 0 heterocycles. The molecule has 0 aliphatic carbocycles. The van der Waals surface area contributed by atoms with Crippen LogP contribution < -0.4 is 20.1 Å².